The first-order valence-corrected chi connectivity index (χ1v) is 9.94. The smallest absolute Gasteiger partial charge is 0.333 e. The zero-order chi connectivity index (χ0) is 19.5. The maximum Gasteiger partial charge on any atom is 0.333 e. The van der Waals surface area contributed by atoms with Crippen LogP contribution in [0.5, 0.6) is 5.88 Å². The third-order valence-electron chi connectivity index (χ3n) is 4.92. The van der Waals surface area contributed by atoms with Gasteiger partial charge < -0.3 is 5.11 Å². The third-order valence-corrected chi connectivity index (χ3v) is 4.92. The summed E-state index contributed by atoms with van der Waals surface area (Å²) in [4.78, 5) is 36.0. The van der Waals surface area contributed by atoms with Gasteiger partial charge in [0.15, 0.2) is 5.78 Å². The van der Waals surface area contributed by atoms with Crippen molar-refractivity contribution >= 4 is 5.78 Å². The number of carbonyl (C=O) groups is 1. The maximum atomic E-state index is 12.3. The standard InChI is InChI=1S/C20H34N2O4/c1-4-5-6-7-8-9-10-11-12-13-14-15-16(23)17-18(24)21(2)20(26)22(3)19(17)25/h24H,4-15H2,1-3H3. The molecule has 0 atom stereocenters. The molecule has 6 heteroatoms. The van der Waals surface area contributed by atoms with Crippen LogP contribution in [0, 0.1) is 0 Å². The highest BCUT2D eigenvalue weighted by Gasteiger charge is 2.20. The number of aromatic nitrogens is 2. The third kappa shape index (κ3) is 6.46. The molecule has 0 aliphatic carbocycles. The molecular weight excluding hydrogens is 332 g/mol. The Kier molecular flexibility index (Phi) is 9.99. The van der Waals surface area contributed by atoms with Crippen LogP contribution in [0.3, 0.4) is 0 Å². The van der Waals surface area contributed by atoms with Crippen molar-refractivity contribution in [2.75, 3.05) is 0 Å². The summed E-state index contributed by atoms with van der Waals surface area (Å²) in [5, 5.41) is 9.96. The van der Waals surface area contributed by atoms with Crippen LogP contribution in [-0.4, -0.2) is 20.0 Å². The second kappa shape index (κ2) is 11.7. The fourth-order valence-electron chi connectivity index (χ4n) is 3.15. The molecule has 148 valence electrons. The summed E-state index contributed by atoms with van der Waals surface area (Å²) in [6, 6.07) is 0. The minimum absolute atomic E-state index is 0.220. The lowest BCUT2D eigenvalue weighted by molar-refractivity contribution is 0.0972. The molecule has 0 fully saturated rings. The van der Waals surface area contributed by atoms with Crippen LogP contribution < -0.4 is 11.2 Å². The molecule has 0 spiro atoms. The molecule has 1 N–H and O–H groups in total. The van der Waals surface area contributed by atoms with Crippen LogP contribution in [0.1, 0.15) is 94.3 Å². The van der Waals surface area contributed by atoms with Crippen molar-refractivity contribution in [1.29, 1.82) is 0 Å². The van der Waals surface area contributed by atoms with Crippen LogP contribution in [0.4, 0.5) is 0 Å². The first kappa shape index (κ1) is 22.2. The first-order chi connectivity index (χ1) is 12.4. The van der Waals surface area contributed by atoms with Crippen molar-refractivity contribution in [1.82, 2.24) is 9.13 Å². The van der Waals surface area contributed by atoms with Crippen molar-refractivity contribution < 1.29 is 9.90 Å². The topological polar surface area (TPSA) is 81.3 Å². The van der Waals surface area contributed by atoms with Crippen LogP contribution in [0.2, 0.25) is 0 Å². The summed E-state index contributed by atoms with van der Waals surface area (Å²) >= 11 is 0. The molecule has 0 aliphatic rings. The van der Waals surface area contributed by atoms with Gasteiger partial charge in [0.2, 0.25) is 5.88 Å². The van der Waals surface area contributed by atoms with E-state index in [1.54, 1.807) is 0 Å². The van der Waals surface area contributed by atoms with E-state index in [2.05, 4.69) is 6.92 Å². The Labute approximate surface area is 155 Å². The highest BCUT2D eigenvalue weighted by atomic mass is 16.3. The van der Waals surface area contributed by atoms with Gasteiger partial charge in [-0.25, -0.2) is 4.79 Å². The van der Waals surface area contributed by atoms with Gasteiger partial charge in [0.05, 0.1) is 0 Å². The van der Waals surface area contributed by atoms with Crippen molar-refractivity contribution in [2.24, 2.45) is 14.1 Å². The molecule has 0 aliphatic heterocycles. The predicted octanol–water partition coefficient (Wildman–Crippen LogP) is 3.67. The molecule has 0 saturated carbocycles. The minimum Gasteiger partial charge on any atom is -0.494 e. The van der Waals surface area contributed by atoms with Crippen molar-refractivity contribution in [3.8, 4) is 5.88 Å². The van der Waals surface area contributed by atoms with Gasteiger partial charge in [-0.3, -0.25) is 18.7 Å². The number of carbonyl (C=O) groups excluding carboxylic acids is 1. The van der Waals surface area contributed by atoms with Crippen LogP contribution >= 0.6 is 0 Å². The van der Waals surface area contributed by atoms with E-state index in [1.165, 1.54) is 65.5 Å². The highest BCUT2D eigenvalue weighted by molar-refractivity contribution is 5.97. The molecule has 0 saturated heterocycles. The average molecular weight is 367 g/mol. The van der Waals surface area contributed by atoms with Gasteiger partial charge in [0.1, 0.15) is 5.56 Å². The minimum atomic E-state index is -0.723. The molecule has 6 nitrogen and oxygen atoms in total. The predicted molar refractivity (Wildman–Crippen MR) is 104 cm³/mol. The summed E-state index contributed by atoms with van der Waals surface area (Å²) in [6.45, 7) is 2.23. The van der Waals surface area contributed by atoms with Crippen LogP contribution in [0.15, 0.2) is 9.59 Å². The number of Topliss-reactive ketones (excluding diaryl/α,β-unsaturated/α-hetero) is 1. The van der Waals surface area contributed by atoms with E-state index in [-0.39, 0.29) is 12.0 Å². The summed E-state index contributed by atoms with van der Waals surface area (Å²) in [6.07, 6.45) is 13.2. The number of hydrogen-bond acceptors (Lipinski definition) is 4. The van der Waals surface area contributed by atoms with Crippen LogP contribution in [-0.2, 0) is 14.1 Å². The van der Waals surface area contributed by atoms with Crippen LogP contribution in [0.25, 0.3) is 0 Å². The Morgan fingerprint density at radius 1 is 0.808 bits per heavy atom. The Morgan fingerprint density at radius 3 is 1.77 bits per heavy atom. The number of hydrogen-bond donors (Lipinski definition) is 1. The van der Waals surface area contributed by atoms with E-state index in [0.717, 1.165) is 22.0 Å². The number of nitrogens with zero attached hydrogens (tertiary/aromatic N) is 2. The first-order valence-electron chi connectivity index (χ1n) is 9.94. The molecule has 1 rings (SSSR count). The van der Waals surface area contributed by atoms with Gasteiger partial charge in [-0.05, 0) is 6.42 Å². The lowest BCUT2D eigenvalue weighted by Crippen LogP contribution is -2.39. The lowest BCUT2D eigenvalue weighted by atomic mass is 10.0. The fraction of sp³-hybridized carbons (Fsp3) is 0.750. The Morgan fingerprint density at radius 2 is 1.27 bits per heavy atom. The second-order valence-corrected chi connectivity index (χ2v) is 7.11. The van der Waals surface area contributed by atoms with E-state index in [4.69, 9.17) is 0 Å². The summed E-state index contributed by atoms with van der Waals surface area (Å²) in [7, 11) is 2.65. The molecule has 0 unspecified atom stereocenters. The van der Waals surface area contributed by atoms with Crippen molar-refractivity contribution in [3.05, 3.63) is 26.4 Å². The second-order valence-electron chi connectivity index (χ2n) is 7.11. The molecule has 0 amide bonds. The fourth-order valence-corrected chi connectivity index (χ4v) is 3.15. The Hall–Kier alpha value is -1.85. The highest BCUT2D eigenvalue weighted by Crippen LogP contribution is 2.15. The molecule has 1 heterocycles. The van der Waals surface area contributed by atoms with Gasteiger partial charge in [-0.1, -0.05) is 71.1 Å². The zero-order valence-corrected chi connectivity index (χ0v) is 16.6. The SMILES string of the molecule is CCCCCCCCCCCCCC(=O)c1c(O)n(C)c(=O)n(C)c1=O. The number of ketones is 1. The molecule has 0 radical (unpaired) electrons. The average Bonchev–Trinajstić information content (AvgIpc) is 2.63. The molecule has 26 heavy (non-hydrogen) atoms. The molecular formula is C20H34N2O4. The molecule has 0 bridgehead atoms. The molecule has 1 aromatic heterocycles. The monoisotopic (exact) mass is 366 g/mol. The summed E-state index contributed by atoms with van der Waals surface area (Å²) < 4.78 is 1.78. The van der Waals surface area contributed by atoms with Crippen molar-refractivity contribution in [3.63, 3.8) is 0 Å². The lowest BCUT2D eigenvalue weighted by Gasteiger charge is -2.09. The largest absolute Gasteiger partial charge is 0.494 e. The van der Waals surface area contributed by atoms with E-state index in [1.807, 2.05) is 0 Å². The van der Waals surface area contributed by atoms with Gasteiger partial charge in [-0.2, -0.15) is 0 Å². The number of aromatic hydroxyl groups is 1. The van der Waals surface area contributed by atoms with E-state index < -0.39 is 22.9 Å². The Bertz CT molecular complexity index is 688. The summed E-state index contributed by atoms with van der Waals surface area (Å²) in [5.74, 6) is -0.930. The van der Waals surface area contributed by atoms with E-state index in [9.17, 15) is 19.5 Å². The van der Waals surface area contributed by atoms with Gasteiger partial charge in [0, 0.05) is 20.5 Å². The number of rotatable bonds is 13. The van der Waals surface area contributed by atoms with Crippen molar-refractivity contribution in [2.45, 2.75) is 84.0 Å². The van der Waals surface area contributed by atoms with Gasteiger partial charge >= 0.3 is 5.69 Å². The van der Waals surface area contributed by atoms with E-state index >= 15 is 0 Å². The van der Waals surface area contributed by atoms with Gasteiger partial charge in [-0.15, -0.1) is 0 Å². The molecule has 1 aromatic rings. The molecule has 0 aromatic carbocycles. The van der Waals surface area contributed by atoms with Gasteiger partial charge in [0.25, 0.3) is 5.56 Å². The Balaban J connectivity index is 2.30. The number of unbranched alkanes of at least 4 members (excludes halogenated alkanes) is 10. The maximum absolute atomic E-state index is 12.3. The zero-order valence-electron chi connectivity index (χ0n) is 16.6. The van der Waals surface area contributed by atoms with E-state index in [0.29, 0.717) is 6.42 Å². The normalized spacial score (nSPS) is 11.0. The quantitative estimate of drug-likeness (QED) is 0.426. The summed E-state index contributed by atoms with van der Waals surface area (Å²) in [5.41, 5.74) is -1.64.